The van der Waals surface area contributed by atoms with Crippen LogP contribution < -0.4 is 5.73 Å². The number of hydrogen-bond acceptors (Lipinski definition) is 2. The Morgan fingerprint density at radius 3 is 2.43 bits per heavy atom. The van der Waals surface area contributed by atoms with E-state index in [1.54, 1.807) is 6.20 Å². The zero-order chi connectivity index (χ0) is 19.9. The Bertz CT molecular complexity index is 914. The van der Waals surface area contributed by atoms with Crippen molar-refractivity contribution < 1.29 is 4.79 Å². The molecule has 0 spiro atoms. The summed E-state index contributed by atoms with van der Waals surface area (Å²) >= 11 is 0. The van der Waals surface area contributed by atoms with Gasteiger partial charge in [-0.25, -0.2) is 0 Å². The number of carbonyl (C=O) groups excluding carboxylic acids is 1. The Kier molecular flexibility index (Phi) is 6.64. The van der Waals surface area contributed by atoms with Gasteiger partial charge < -0.3 is 10.3 Å². The topological polar surface area (TPSA) is 60.9 Å². The van der Waals surface area contributed by atoms with E-state index in [1.807, 2.05) is 31.2 Å². The number of aromatic nitrogens is 2. The van der Waals surface area contributed by atoms with Crippen molar-refractivity contribution in [2.45, 2.75) is 52.5 Å². The van der Waals surface area contributed by atoms with Crippen molar-refractivity contribution in [3.63, 3.8) is 0 Å². The van der Waals surface area contributed by atoms with Gasteiger partial charge in [-0.05, 0) is 43.9 Å². The third kappa shape index (κ3) is 4.33. The number of amides is 1. The molecule has 2 heterocycles. The Hall–Kier alpha value is -2.88. The van der Waals surface area contributed by atoms with Crippen molar-refractivity contribution in [1.82, 2.24) is 9.55 Å². The molecule has 0 aliphatic carbocycles. The number of unbranched alkanes of at least 4 members (excludes halogenated alkanes) is 2. The molecule has 1 aromatic carbocycles. The van der Waals surface area contributed by atoms with E-state index in [-0.39, 0.29) is 5.91 Å². The molecule has 1 amide bonds. The highest BCUT2D eigenvalue weighted by molar-refractivity contribution is 6.01. The smallest absolute Gasteiger partial charge is 0.251 e. The number of pyridine rings is 1. The Morgan fingerprint density at radius 2 is 1.79 bits per heavy atom. The largest absolute Gasteiger partial charge is 0.366 e. The summed E-state index contributed by atoms with van der Waals surface area (Å²) in [5.74, 6) is -0.381. The van der Waals surface area contributed by atoms with Gasteiger partial charge in [0.15, 0.2) is 0 Å². The monoisotopic (exact) mass is 375 g/mol. The summed E-state index contributed by atoms with van der Waals surface area (Å²) in [6.45, 7) is 5.03. The number of carbonyl (C=O) groups is 1. The van der Waals surface area contributed by atoms with Crippen LogP contribution in [0.1, 0.15) is 53.5 Å². The predicted octanol–water partition coefficient (Wildman–Crippen LogP) is 4.93. The van der Waals surface area contributed by atoms with Crippen molar-refractivity contribution in [3.05, 3.63) is 77.2 Å². The number of nitrogens with two attached hydrogens (primary N) is 1. The maximum absolute atomic E-state index is 12.4. The average molecular weight is 376 g/mol. The molecule has 0 unspecified atom stereocenters. The van der Waals surface area contributed by atoms with Gasteiger partial charge in [0.1, 0.15) is 0 Å². The van der Waals surface area contributed by atoms with Gasteiger partial charge in [0.05, 0.1) is 11.3 Å². The van der Waals surface area contributed by atoms with Crippen LogP contribution in [0, 0.1) is 6.92 Å². The number of primary amides is 1. The lowest BCUT2D eigenvalue weighted by molar-refractivity contribution is 0.1000. The molecule has 0 bridgehead atoms. The van der Waals surface area contributed by atoms with Crippen LogP contribution in [0.25, 0.3) is 11.3 Å². The van der Waals surface area contributed by atoms with Crippen LogP contribution in [0.5, 0.6) is 0 Å². The molecule has 4 nitrogen and oxygen atoms in total. The predicted molar refractivity (Wildman–Crippen MR) is 114 cm³/mol. The third-order valence-corrected chi connectivity index (χ3v) is 5.28. The van der Waals surface area contributed by atoms with Crippen LogP contribution in [0.2, 0.25) is 0 Å². The van der Waals surface area contributed by atoms with Gasteiger partial charge in [0, 0.05) is 29.7 Å². The number of nitrogens with zero attached hydrogens (tertiary/aromatic N) is 2. The van der Waals surface area contributed by atoms with Gasteiger partial charge in [0.25, 0.3) is 5.91 Å². The highest BCUT2D eigenvalue weighted by atomic mass is 16.1. The molecule has 0 saturated carbocycles. The lowest BCUT2D eigenvalue weighted by Crippen LogP contribution is -2.14. The lowest BCUT2D eigenvalue weighted by Gasteiger charge is -2.13. The first-order valence-corrected chi connectivity index (χ1v) is 10.1. The molecule has 2 N–H and O–H groups in total. The fourth-order valence-corrected chi connectivity index (χ4v) is 3.88. The second-order valence-electron chi connectivity index (χ2n) is 7.21. The van der Waals surface area contributed by atoms with Gasteiger partial charge in [-0.1, -0.05) is 56.2 Å². The second kappa shape index (κ2) is 9.36. The molecule has 4 heteroatoms. The zero-order valence-electron chi connectivity index (χ0n) is 16.8. The molecule has 0 radical (unpaired) electrons. The fraction of sp³-hybridized carbons (Fsp3) is 0.333. The Balaban J connectivity index is 2.07. The number of benzene rings is 1. The first-order chi connectivity index (χ1) is 13.6. The quantitative estimate of drug-likeness (QED) is 0.539. The van der Waals surface area contributed by atoms with Crippen LogP contribution in [0.4, 0.5) is 0 Å². The third-order valence-electron chi connectivity index (χ3n) is 5.28. The average Bonchev–Trinajstić information content (AvgIpc) is 3.00. The molecule has 0 aliphatic rings. The van der Waals surface area contributed by atoms with E-state index < -0.39 is 0 Å². The molecule has 0 fully saturated rings. The minimum absolute atomic E-state index is 0.381. The molecule has 3 rings (SSSR count). The normalized spacial score (nSPS) is 10.9. The first kappa shape index (κ1) is 19.9. The van der Waals surface area contributed by atoms with Gasteiger partial charge >= 0.3 is 0 Å². The van der Waals surface area contributed by atoms with E-state index in [0.717, 1.165) is 55.6 Å². The fourth-order valence-electron chi connectivity index (χ4n) is 3.88. The molecule has 0 saturated heterocycles. The first-order valence-electron chi connectivity index (χ1n) is 10.1. The minimum Gasteiger partial charge on any atom is -0.366 e. The van der Waals surface area contributed by atoms with Gasteiger partial charge in [-0.15, -0.1) is 0 Å². The van der Waals surface area contributed by atoms with E-state index in [9.17, 15) is 4.79 Å². The maximum atomic E-state index is 12.4. The Labute approximate surface area is 167 Å². The molecule has 2 aromatic heterocycles. The van der Waals surface area contributed by atoms with Crippen molar-refractivity contribution >= 4 is 5.91 Å². The summed E-state index contributed by atoms with van der Waals surface area (Å²) < 4.78 is 2.28. The lowest BCUT2D eigenvalue weighted by atomic mass is 10.0. The van der Waals surface area contributed by atoms with Crippen LogP contribution >= 0.6 is 0 Å². The highest BCUT2D eigenvalue weighted by Crippen LogP contribution is 2.33. The second-order valence-corrected chi connectivity index (χ2v) is 7.21. The molecule has 28 heavy (non-hydrogen) atoms. The van der Waals surface area contributed by atoms with Crippen molar-refractivity contribution in [2.75, 3.05) is 0 Å². The van der Waals surface area contributed by atoms with Crippen LogP contribution in [-0.2, 0) is 19.4 Å². The van der Waals surface area contributed by atoms with Crippen molar-refractivity contribution in [2.24, 2.45) is 5.73 Å². The summed E-state index contributed by atoms with van der Waals surface area (Å²) in [7, 11) is 0. The van der Waals surface area contributed by atoms with E-state index >= 15 is 0 Å². The van der Waals surface area contributed by atoms with Crippen LogP contribution in [0.3, 0.4) is 0 Å². The maximum Gasteiger partial charge on any atom is 0.251 e. The number of hydrogen-bond donors (Lipinski definition) is 1. The molecule has 0 atom stereocenters. The van der Waals surface area contributed by atoms with E-state index in [0.29, 0.717) is 5.56 Å². The highest BCUT2D eigenvalue weighted by Gasteiger charge is 2.25. The van der Waals surface area contributed by atoms with E-state index in [1.165, 1.54) is 11.3 Å². The molecular formula is C24H29N3O. The summed E-state index contributed by atoms with van der Waals surface area (Å²) in [4.78, 5) is 16.9. The Morgan fingerprint density at radius 1 is 1.04 bits per heavy atom. The SMILES string of the molecule is CCCCCc1c(-c2ccccn2)c(C(N)=O)c(C)n1CCc1ccccc1. The van der Waals surface area contributed by atoms with Crippen molar-refractivity contribution in [3.8, 4) is 11.3 Å². The molecule has 0 aliphatic heterocycles. The van der Waals surface area contributed by atoms with Crippen molar-refractivity contribution in [1.29, 1.82) is 0 Å². The zero-order valence-corrected chi connectivity index (χ0v) is 16.8. The minimum atomic E-state index is -0.381. The van der Waals surface area contributed by atoms with Gasteiger partial charge in [-0.3, -0.25) is 9.78 Å². The standard InChI is InChI=1S/C24H29N3O/c1-3-4-6-14-21-23(20-13-9-10-16-26-20)22(24(25)28)18(2)27(21)17-15-19-11-7-5-8-12-19/h5,7-13,16H,3-4,6,14-15,17H2,1-2H3,(H2,25,28). The van der Waals surface area contributed by atoms with E-state index in [4.69, 9.17) is 5.73 Å². The molecule has 3 aromatic rings. The van der Waals surface area contributed by atoms with Crippen LogP contribution in [-0.4, -0.2) is 15.5 Å². The summed E-state index contributed by atoms with van der Waals surface area (Å²) in [6, 6.07) is 16.3. The number of rotatable bonds is 9. The molecule has 146 valence electrons. The van der Waals surface area contributed by atoms with Gasteiger partial charge in [0.2, 0.25) is 0 Å². The summed E-state index contributed by atoms with van der Waals surface area (Å²) in [5, 5.41) is 0. The van der Waals surface area contributed by atoms with E-state index in [2.05, 4.69) is 40.7 Å². The van der Waals surface area contributed by atoms with Gasteiger partial charge in [-0.2, -0.15) is 0 Å². The number of aryl methyl sites for hydroxylation is 1. The van der Waals surface area contributed by atoms with Crippen LogP contribution in [0.15, 0.2) is 54.7 Å². The molecular weight excluding hydrogens is 346 g/mol. The summed E-state index contributed by atoms with van der Waals surface area (Å²) in [6.07, 6.45) is 7.01. The summed E-state index contributed by atoms with van der Waals surface area (Å²) in [5.41, 5.74) is 11.6.